The molecule has 4 rings (SSSR count). The summed E-state index contributed by atoms with van der Waals surface area (Å²) in [6.07, 6.45) is 3.23. The molecule has 1 aliphatic heterocycles. The average molecular weight is 429 g/mol. The second-order valence-corrected chi connectivity index (χ2v) is 8.05. The van der Waals surface area contributed by atoms with Crippen LogP contribution >= 0.6 is 11.3 Å². The topological polar surface area (TPSA) is 85.8 Å². The van der Waals surface area contributed by atoms with Gasteiger partial charge < -0.3 is 19.1 Å². The number of anilines is 2. The molecule has 1 aromatic carbocycles. The second kappa shape index (κ2) is 9.38. The molecule has 0 unspecified atom stereocenters. The van der Waals surface area contributed by atoms with E-state index >= 15 is 0 Å². The third-order valence-corrected chi connectivity index (χ3v) is 5.59. The van der Waals surface area contributed by atoms with Crippen molar-refractivity contribution in [1.82, 2.24) is 9.97 Å². The summed E-state index contributed by atoms with van der Waals surface area (Å²) in [5.41, 5.74) is 2.25. The van der Waals surface area contributed by atoms with Gasteiger partial charge in [0.05, 0.1) is 35.3 Å². The van der Waals surface area contributed by atoms with Crippen LogP contribution in [0.2, 0.25) is 0 Å². The van der Waals surface area contributed by atoms with Crippen molar-refractivity contribution in [3.05, 3.63) is 42.2 Å². The SMILES string of the molecule is CC(C)OCOc1ccc(N2CCOCC2)c2sc(NC(=O)c3cccnc3)nc12. The molecular weight excluding hydrogens is 404 g/mol. The maximum Gasteiger partial charge on any atom is 0.259 e. The molecule has 1 aliphatic rings. The van der Waals surface area contributed by atoms with Gasteiger partial charge in [-0.1, -0.05) is 11.3 Å². The minimum atomic E-state index is -0.249. The maximum atomic E-state index is 12.5. The van der Waals surface area contributed by atoms with Gasteiger partial charge in [-0.3, -0.25) is 15.1 Å². The first-order valence-electron chi connectivity index (χ1n) is 9.84. The summed E-state index contributed by atoms with van der Waals surface area (Å²) in [5.74, 6) is 0.376. The van der Waals surface area contributed by atoms with E-state index in [-0.39, 0.29) is 18.8 Å². The molecule has 0 bridgehead atoms. The molecule has 1 fully saturated rings. The lowest BCUT2D eigenvalue weighted by atomic mass is 10.2. The quantitative estimate of drug-likeness (QED) is 0.576. The minimum Gasteiger partial charge on any atom is -0.465 e. The Balaban J connectivity index is 1.65. The first-order chi connectivity index (χ1) is 14.6. The van der Waals surface area contributed by atoms with Crippen molar-refractivity contribution in [1.29, 1.82) is 0 Å². The molecule has 0 saturated carbocycles. The Morgan fingerprint density at radius 3 is 2.87 bits per heavy atom. The number of rotatable bonds is 7. The summed E-state index contributed by atoms with van der Waals surface area (Å²) in [7, 11) is 0. The molecule has 3 aromatic rings. The first kappa shape index (κ1) is 20.5. The largest absolute Gasteiger partial charge is 0.465 e. The van der Waals surface area contributed by atoms with Crippen molar-refractivity contribution in [2.75, 3.05) is 43.3 Å². The van der Waals surface area contributed by atoms with Crippen LogP contribution in [0, 0.1) is 0 Å². The zero-order valence-corrected chi connectivity index (χ0v) is 17.8. The number of hydrogen-bond acceptors (Lipinski definition) is 8. The van der Waals surface area contributed by atoms with Crippen LogP contribution in [0.5, 0.6) is 5.75 Å². The number of aromatic nitrogens is 2. The number of nitrogens with one attached hydrogen (secondary N) is 1. The number of benzene rings is 1. The van der Waals surface area contributed by atoms with Gasteiger partial charge in [0.2, 0.25) is 0 Å². The fourth-order valence-corrected chi connectivity index (χ4v) is 4.11. The molecule has 158 valence electrons. The van der Waals surface area contributed by atoms with Crippen LogP contribution in [-0.2, 0) is 9.47 Å². The number of amides is 1. The summed E-state index contributed by atoms with van der Waals surface area (Å²) >= 11 is 1.43. The number of pyridine rings is 1. The number of morpholine rings is 1. The zero-order valence-electron chi connectivity index (χ0n) is 17.0. The van der Waals surface area contributed by atoms with E-state index in [4.69, 9.17) is 14.2 Å². The van der Waals surface area contributed by atoms with E-state index in [1.54, 1.807) is 18.3 Å². The molecule has 30 heavy (non-hydrogen) atoms. The molecule has 0 radical (unpaired) electrons. The Morgan fingerprint density at radius 2 is 2.13 bits per heavy atom. The van der Waals surface area contributed by atoms with E-state index in [0.717, 1.165) is 23.5 Å². The summed E-state index contributed by atoms with van der Waals surface area (Å²) in [6.45, 7) is 7.03. The Kier molecular flexibility index (Phi) is 6.41. The lowest BCUT2D eigenvalue weighted by Gasteiger charge is -2.29. The monoisotopic (exact) mass is 428 g/mol. The van der Waals surface area contributed by atoms with Crippen LogP contribution in [0.25, 0.3) is 10.2 Å². The van der Waals surface area contributed by atoms with Gasteiger partial charge in [-0.05, 0) is 38.1 Å². The number of thiazole rings is 1. The highest BCUT2D eigenvalue weighted by molar-refractivity contribution is 7.23. The lowest BCUT2D eigenvalue weighted by Crippen LogP contribution is -2.36. The first-order valence-corrected chi connectivity index (χ1v) is 10.7. The molecule has 0 atom stereocenters. The van der Waals surface area contributed by atoms with Gasteiger partial charge in [-0.15, -0.1) is 0 Å². The number of carbonyl (C=O) groups is 1. The van der Waals surface area contributed by atoms with Crippen LogP contribution < -0.4 is 15.0 Å². The molecule has 9 heteroatoms. The smallest absolute Gasteiger partial charge is 0.259 e. The van der Waals surface area contributed by atoms with E-state index < -0.39 is 0 Å². The number of ether oxygens (including phenoxy) is 3. The zero-order chi connectivity index (χ0) is 20.9. The van der Waals surface area contributed by atoms with Crippen molar-refractivity contribution in [2.24, 2.45) is 0 Å². The summed E-state index contributed by atoms with van der Waals surface area (Å²) in [5, 5.41) is 3.39. The van der Waals surface area contributed by atoms with Crippen molar-refractivity contribution in [3.8, 4) is 5.75 Å². The Bertz CT molecular complexity index is 1000. The molecule has 1 saturated heterocycles. The predicted octanol–water partition coefficient (Wildman–Crippen LogP) is 3.54. The van der Waals surface area contributed by atoms with Gasteiger partial charge in [0.15, 0.2) is 11.9 Å². The fraction of sp³-hybridized carbons (Fsp3) is 0.381. The molecule has 8 nitrogen and oxygen atoms in total. The van der Waals surface area contributed by atoms with Gasteiger partial charge in [0.1, 0.15) is 11.3 Å². The molecule has 0 spiro atoms. The molecule has 0 aliphatic carbocycles. The minimum absolute atomic E-state index is 0.0675. The lowest BCUT2D eigenvalue weighted by molar-refractivity contribution is -0.0193. The van der Waals surface area contributed by atoms with Gasteiger partial charge in [0, 0.05) is 25.5 Å². The van der Waals surface area contributed by atoms with Crippen LogP contribution in [0.3, 0.4) is 0 Å². The summed E-state index contributed by atoms with van der Waals surface area (Å²) in [4.78, 5) is 23.5. The van der Waals surface area contributed by atoms with E-state index in [1.807, 2.05) is 26.0 Å². The number of hydrogen-bond donors (Lipinski definition) is 1. The highest BCUT2D eigenvalue weighted by atomic mass is 32.1. The van der Waals surface area contributed by atoms with Crippen molar-refractivity contribution in [3.63, 3.8) is 0 Å². The van der Waals surface area contributed by atoms with Gasteiger partial charge >= 0.3 is 0 Å². The van der Waals surface area contributed by atoms with E-state index in [2.05, 4.69) is 20.2 Å². The van der Waals surface area contributed by atoms with Crippen molar-refractivity contribution < 1.29 is 19.0 Å². The highest BCUT2D eigenvalue weighted by Crippen LogP contribution is 2.40. The number of nitrogens with zero attached hydrogens (tertiary/aromatic N) is 3. The average Bonchev–Trinajstić information content (AvgIpc) is 3.18. The van der Waals surface area contributed by atoms with E-state index in [1.165, 1.54) is 17.5 Å². The third-order valence-electron chi connectivity index (χ3n) is 4.60. The van der Waals surface area contributed by atoms with Gasteiger partial charge in [-0.25, -0.2) is 4.98 Å². The van der Waals surface area contributed by atoms with Crippen molar-refractivity contribution >= 4 is 38.3 Å². The molecular formula is C21H24N4O4S. The normalized spacial score (nSPS) is 14.3. The Morgan fingerprint density at radius 1 is 1.30 bits per heavy atom. The predicted molar refractivity (Wildman–Crippen MR) is 117 cm³/mol. The molecule has 2 aromatic heterocycles. The van der Waals surface area contributed by atoms with Crippen LogP contribution in [0.15, 0.2) is 36.7 Å². The van der Waals surface area contributed by atoms with Crippen LogP contribution in [0.1, 0.15) is 24.2 Å². The van der Waals surface area contributed by atoms with E-state index in [9.17, 15) is 4.79 Å². The van der Waals surface area contributed by atoms with Crippen molar-refractivity contribution in [2.45, 2.75) is 20.0 Å². The number of carbonyl (C=O) groups excluding carboxylic acids is 1. The second-order valence-electron chi connectivity index (χ2n) is 7.05. The Hall–Kier alpha value is -2.75. The van der Waals surface area contributed by atoms with Crippen LogP contribution in [-0.4, -0.2) is 55.1 Å². The van der Waals surface area contributed by atoms with E-state index in [0.29, 0.717) is 35.2 Å². The van der Waals surface area contributed by atoms with Gasteiger partial charge in [0.25, 0.3) is 5.91 Å². The fourth-order valence-electron chi connectivity index (χ4n) is 3.09. The molecule has 1 amide bonds. The molecule has 1 N–H and O–H groups in total. The summed E-state index contributed by atoms with van der Waals surface area (Å²) < 4.78 is 17.8. The van der Waals surface area contributed by atoms with Gasteiger partial charge in [-0.2, -0.15) is 0 Å². The third kappa shape index (κ3) is 4.69. The maximum absolute atomic E-state index is 12.5. The summed E-state index contributed by atoms with van der Waals surface area (Å²) in [6, 6.07) is 7.38. The van der Waals surface area contributed by atoms with Crippen LogP contribution in [0.4, 0.5) is 10.8 Å². The number of fused-ring (bicyclic) bond motifs is 1. The standard InChI is InChI=1S/C21H24N4O4S/c1-14(2)28-13-29-17-6-5-16(25-8-10-27-11-9-25)19-18(17)23-21(30-19)24-20(26)15-4-3-7-22-12-15/h3-7,12,14H,8-11,13H2,1-2H3,(H,23,24,26). The Labute approximate surface area is 178 Å². The molecule has 3 heterocycles. The highest BCUT2D eigenvalue weighted by Gasteiger charge is 2.20.